The Morgan fingerprint density at radius 1 is 0.828 bits per heavy atom. The second kappa shape index (κ2) is 7.65. The maximum atomic E-state index is 12.8. The number of carbonyl (C=O) groups is 1. The first-order valence-electron chi connectivity index (χ1n) is 8.26. The van der Waals surface area contributed by atoms with Crippen molar-refractivity contribution < 1.29 is 35.6 Å². The fraction of sp³-hybridized carbons (Fsp3) is 0.150. The molecule has 3 rings (SSSR count). The van der Waals surface area contributed by atoms with Crippen LogP contribution in [-0.2, 0) is 18.9 Å². The molecular weight excluding hydrogens is 400 g/mol. The molecule has 0 spiro atoms. The molecule has 2 aromatic carbocycles. The number of furan rings is 1. The van der Waals surface area contributed by atoms with Gasteiger partial charge in [0.2, 0.25) is 0 Å². The molecule has 1 heterocycles. The quantitative estimate of drug-likeness (QED) is 0.540. The van der Waals surface area contributed by atoms with E-state index in [0.29, 0.717) is 0 Å². The van der Waals surface area contributed by atoms with E-state index in [-0.39, 0.29) is 29.2 Å². The molecule has 0 radical (unpaired) electrons. The highest BCUT2D eigenvalue weighted by atomic mass is 19.4. The van der Waals surface area contributed by atoms with E-state index in [1.807, 2.05) is 0 Å². The third-order valence-electron chi connectivity index (χ3n) is 4.01. The summed E-state index contributed by atoms with van der Waals surface area (Å²) in [6.07, 6.45) is -9.02. The molecule has 9 heteroatoms. The van der Waals surface area contributed by atoms with Crippen molar-refractivity contribution in [2.45, 2.75) is 18.9 Å². The van der Waals surface area contributed by atoms with Gasteiger partial charge in [-0.25, -0.2) is 0 Å². The second-order valence-corrected chi connectivity index (χ2v) is 6.12. The van der Waals surface area contributed by atoms with E-state index in [1.54, 1.807) is 0 Å². The average Bonchev–Trinajstić information content (AvgIpc) is 3.15. The molecule has 0 aliphatic carbocycles. The van der Waals surface area contributed by atoms with Gasteiger partial charge in [0.1, 0.15) is 5.76 Å². The van der Waals surface area contributed by atoms with Gasteiger partial charge in [-0.2, -0.15) is 26.3 Å². The molecule has 29 heavy (non-hydrogen) atoms. The number of rotatable bonds is 4. The Balaban J connectivity index is 1.71. The number of amides is 1. The molecule has 0 bridgehead atoms. The van der Waals surface area contributed by atoms with Crippen LogP contribution in [0.25, 0.3) is 11.3 Å². The SMILES string of the molecule is O=C(NCc1cccc(C(F)(F)F)c1)c1ccc(-c2cccc(C(F)(F)F)c2)o1. The van der Waals surface area contributed by atoms with Crippen LogP contribution in [0.3, 0.4) is 0 Å². The fourth-order valence-electron chi connectivity index (χ4n) is 2.59. The Morgan fingerprint density at radius 2 is 1.45 bits per heavy atom. The molecule has 1 amide bonds. The van der Waals surface area contributed by atoms with E-state index >= 15 is 0 Å². The predicted molar refractivity (Wildman–Crippen MR) is 91.8 cm³/mol. The number of alkyl halides is 6. The Morgan fingerprint density at radius 3 is 2.10 bits per heavy atom. The zero-order valence-electron chi connectivity index (χ0n) is 14.6. The number of hydrogen-bond donors (Lipinski definition) is 1. The van der Waals surface area contributed by atoms with Gasteiger partial charge in [-0.05, 0) is 42.0 Å². The Kier molecular flexibility index (Phi) is 5.41. The molecule has 0 saturated carbocycles. The highest BCUT2D eigenvalue weighted by Crippen LogP contribution is 2.33. The van der Waals surface area contributed by atoms with Gasteiger partial charge < -0.3 is 9.73 Å². The summed E-state index contributed by atoms with van der Waals surface area (Å²) in [5, 5.41) is 2.41. The first-order chi connectivity index (χ1) is 13.5. The molecule has 0 saturated heterocycles. The van der Waals surface area contributed by atoms with Gasteiger partial charge >= 0.3 is 12.4 Å². The van der Waals surface area contributed by atoms with Crippen molar-refractivity contribution in [2.75, 3.05) is 0 Å². The Bertz CT molecular complexity index is 1020. The maximum absolute atomic E-state index is 12.8. The summed E-state index contributed by atoms with van der Waals surface area (Å²) in [5.41, 5.74) is -1.33. The third-order valence-corrected chi connectivity index (χ3v) is 4.01. The van der Waals surface area contributed by atoms with Crippen LogP contribution in [0.5, 0.6) is 0 Å². The molecule has 0 unspecified atom stereocenters. The lowest BCUT2D eigenvalue weighted by Crippen LogP contribution is -2.22. The molecule has 0 fully saturated rings. The highest BCUT2D eigenvalue weighted by Gasteiger charge is 2.31. The first kappa shape index (κ1) is 20.5. The van der Waals surface area contributed by atoms with Gasteiger partial charge in [0, 0.05) is 12.1 Å². The summed E-state index contributed by atoms with van der Waals surface area (Å²) in [6, 6.07) is 11.5. The molecule has 152 valence electrons. The minimum atomic E-state index is -4.52. The highest BCUT2D eigenvalue weighted by molar-refractivity contribution is 5.92. The van der Waals surface area contributed by atoms with E-state index < -0.39 is 29.4 Å². The molecule has 1 N–H and O–H groups in total. The molecule has 0 aliphatic rings. The fourth-order valence-corrected chi connectivity index (χ4v) is 2.59. The van der Waals surface area contributed by atoms with Crippen LogP contribution >= 0.6 is 0 Å². The summed E-state index contributed by atoms with van der Waals surface area (Å²) in [5.74, 6) is -0.828. The van der Waals surface area contributed by atoms with Crippen LogP contribution in [-0.4, -0.2) is 5.91 Å². The van der Waals surface area contributed by atoms with Crippen molar-refractivity contribution in [3.8, 4) is 11.3 Å². The smallest absolute Gasteiger partial charge is 0.416 e. The van der Waals surface area contributed by atoms with Gasteiger partial charge in [-0.1, -0.05) is 24.3 Å². The average molecular weight is 413 g/mol. The van der Waals surface area contributed by atoms with Gasteiger partial charge in [-0.3, -0.25) is 4.79 Å². The zero-order chi connectivity index (χ0) is 21.2. The zero-order valence-corrected chi connectivity index (χ0v) is 14.6. The number of carbonyl (C=O) groups excluding carboxylic acids is 1. The van der Waals surface area contributed by atoms with E-state index in [2.05, 4.69) is 5.32 Å². The number of hydrogen-bond acceptors (Lipinski definition) is 2. The standard InChI is InChI=1S/C20H13F6NO2/c21-19(22,23)14-5-1-3-12(9-14)11-27-18(28)17-8-7-16(29-17)13-4-2-6-15(10-13)20(24,25)26/h1-10H,11H2,(H,27,28). The van der Waals surface area contributed by atoms with Crippen molar-refractivity contribution >= 4 is 5.91 Å². The van der Waals surface area contributed by atoms with E-state index in [4.69, 9.17) is 4.42 Å². The molecule has 0 aliphatic heterocycles. The summed E-state index contributed by atoms with van der Waals surface area (Å²) < 4.78 is 81.9. The first-order valence-corrected chi connectivity index (χ1v) is 8.26. The predicted octanol–water partition coefficient (Wildman–Crippen LogP) is 5.91. The lowest BCUT2D eigenvalue weighted by Gasteiger charge is -2.09. The lowest BCUT2D eigenvalue weighted by molar-refractivity contribution is -0.138. The topological polar surface area (TPSA) is 42.2 Å². The van der Waals surface area contributed by atoms with E-state index in [0.717, 1.165) is 24.3 Å². The molecular formula is C20H13F6NO2. The lowest BCUT2D eigenvalue weighted by atomic mass is 10.1. The summed E-state index contributed by atoms with van der Waals surface area (Å²) >= 11 is 0. The molecule has 3 nitrogen and oxygen atoms in total. The van der Waals surface area contributed by atoms with E-state index in [1.165, 1.54) is 36.4 Å². The Hall–Kier alpha value is -3.23. The van der Waals surface area contributed by atoms with Crippen molar-refractivity contribution in [1.82, 2.24) is 5.32 Å². The van der Waals surface area contributed by atoms with Crippen LogP contribution in [0.4, 0.5) is 26.3 Å². The second-order valence-electron chi connectivity index (χ2n) is 6.12. The summed E-state index contributed by atoms with van der Waals surface area (Å²) in [4.78, 5) is 12.2. The normalized spacial score (nSPS) is 12.1. The van der Waals surface area contributed by atoms with Crippen LogP contribution < -0.4 is 5.32 Å². The summed E-state index contributed by atoms with van der Waals surface area (Å²) in [7, 11) is 0. The molecule has 3 aromatic rings. The minimum absolute atomic E-state index is 0.0559. The maximum Gasteiger partial charge on any atom is 0.416 e. The van der Waals surface area contributed by atoms with Gasteiger partial charge in [-0.15, -0.1) is 0 Å². The summed E-state index contributed by atoms with van der Waals surface area (Å²) in [6.45, 7) is -0.178. The van der Waals surface area contributed by atoms with Crippen LogP contribution in [0.2, 0.25) is 0 Å². The Labute approximate surface area is 161 Å². The number of nitrogens with one attached hydrogen (secondary N) is 1. The van der Waals surface area contributed by atoms with Crippen LogP contribution in [0, 0.1) is 0 Å². The van der Waals surface area contributed by atoms with Gasteiger partial charge in [0.05, 0.1) is 11.1 Å². The van der Waals surface area contributed by atoms with Crippen molar-refractivity contribution in [1.29, 1.82) is 0 Å². The van der Waals surface area contributed by atoms with Crippen molar-refractivity contribution in [2.24, 2.45) is 0 Å². The van der Waals surface area contributed by atoms with Crippen molar-refractivity contribution in [3.05, 3.63) is 83.1 Å². The van der Waals surface area contributed by atoms with Crippen molar-refractivity contribution in [3.63, 3.8) is 0 Å². The van der Waals surface area contributed by atoms with Crippen LogP contribution in [0.15, 0.2) is 65.1 Å². The minimum Gasteiger partial charge on any atom is -0.451 e. The monoisotopic (exact) mass is 413 g/mol. The molecule has 0 atom stereocenters. The number of halogens is 6. The van der Waals surface area contributed by atoms with E-state index in [9.17, 15) is 31.1 Å². The van der Waals surface area contributed by atoms with Crippen LogP contribution in [0.1, 0.15) is 27.2 Å². The molecule has 1 aromatic heterocycles. The van der Waals surface area contributed by atoms with Gasteiger partial charge in [0.25, 0.3) is 5.91 Å². The largest absolute Gasteiger partial charge is 0.451 e. The number of benzene rings is 2. The van der Waals surface area contributed by atoms with Gasteiger partial charge in [0.15, 0.2) is 5.76 Å². The third kappa shape index (κ3) is 4.98.